The molecule has 1 rings (SSSR count). The molecule has 0 aliphatic carbocycles. The van der Waals surface area contributed by atoms with Crippen molar-refractivity contribution < 1.29 is 4.39 Å². The average Bonchev–Trinajstić information content (AvgIpc) is 1.82. The van der Waals surface area contributed by atoms with Crippen molar-refractivity contribution in [2.24, 2.45) is 0 Å². The Morgan fingerprint density at radius 3 is 2.60 bits per heavy atom. The standard InChI is InChI=1S/C7H5BClF/c1-4-2-5(10)3-6(9)7(4)8/h2-3H,1H3. The molecule has 0 nitrogen and oxygen atoms in total. The summed E-state index contributed by atoms with van der Waals surface area (Å²) in [6, 6.07) is 2.55. The first-order chi connectivity index (χ1) is 4.61. The molecule has 50 valence electrons. The molecule has 0 saturated carbocycles. The molecule has 2 radical (unpaired) electrons. The zero-order chi connectivity index (χ0) is 7.72. The highest BCUT2D eigenvalue weighted by atomic mass is 35.5. The van der Waals surface area contributed by atoms with Gasteiger partial charge < -0.3 is 0 Å². The molecule has 0 heterocycles. The van der Waals surface area contributed by atoms with Crippen LogP contribution in [0, 0.1) is 12.7 Å². The maximum absolute atomic E-state index is 12.5. The lowest BCUT2D eigenvalue weighted by Gasteiger charge is -2.01. The summed E-state index contributed by atoms with van der Waals surface area (Å²) in [6.07, 6.45) is 0. The highest BCUT2D eigenvalue weighted by Gasteiger charge is 1.99. The second-order valence-corrected chi connectivity index (χ2v) is 2.53. The van der Waals surface area contributed by atoms with Crippen molar-refractivity contribution in [2.45, 2.75) is 6.92 Å². The first-order valence-electron chi connectivity index (χ1n) is 2.82. The maximum Gasteiger partial charge on any atom is 0.124 e. The topological polar surface area (TPSA) is 0 Å². The van der Waals surface area contributed by atoms with E-state index in [1.807, 2.05) is 0 Å². The quantitative estimate of drug-likeness (QED) is 0.498. The molecule has 3 heteroatoms. The third-order valence-corrected chi connectivity index (χ3v) is 1.61. The van der Waals surface area contributed by atoms with Gasteiger partial charge in [-0.2, -0.15) is 0 Å². The van der Waals surface area contributed by atoms with Crippen LogP contribution < -0.4 is 5.46 Å². The molecule has 0 atom stereocenters. The Bertz CT molecular complexity index is 237. The fourth-order valence-electron chi connectivity index (χ4n) is 0.713. The molecular weight excluding hydrogens is 149 g/mol. The molecule has 0 aliphatic rings. The van der Waals surface area contributed by atoms with Gasteiger partial charge in [0.1, 0.15) is 13.7 Å². The summed E-state index contributed by atoms with van der Waals surface area (Å²) in [5.41, 5.74) is 1.12. The van der Waals surface area contributed by atoms with Gasteiger partial charge in [-0.25, -0.2) is 4.39 Å². The van der Waals surface area contributed by atoms with Gasteiger partial charge in [0.15, 0.2) is 0 Å². The van der Waals surface area contributed by atoms with E-state index in [4.69, 9.17) is 19.4 Å². The Morgan fingerprint density at radius 1 is 1.50 bits per heavy atom. The highest BCUT2D eigenvalue weighted by molar-refractivity contribution is 6.45. The number of hydrogen-bond acceptors (Lipinski definition) is 0. The van der Waals surface area contributed by atoms with Gasteiger partial charge in [0.25, 0.3) is 0 Å². The van der Waals surface area contributed by atoms with Gasteiger partial charge in [-0.15, -0.1) is 0 Å². The van der Waals surface area contributed by atoms with Crippen molar-refractivity contribution in [3.63, 3.8) is 0 Å². The third-order valence-electron chi connectivity index (χ3n) is 1.30. The first kappa shape index (κ1) is 7.61. The van der Waals surface area contributed by atoms with Crippen molar-refractivity contribution >= 4 is 24.9 Å². The van der Waals surface area contributed by atoms with E-state index >= 15 is 0 Å². The van der Waals surface area contributed by atoms with Crippen LogP contribution in [0.3, 0.4) is 0 Å². The lowest BCUT2D eigenvalue weighted by atomic mass is 9.91. The molecule has 1 aromatic rings. The Labute approximate surface area is 65.4 Å². The molecule has 0 saturated heterocycles. The molecule has 0 aliphatic heterocycles. The molecule has 0 bridgehead atoms. The van der Waals surface area contributed by atoms with Gasteiger partial charge in [0, 0.05) is 5.02 Å². The Balaban J connectivity index is 3.31. The van der Waals surface area contributed by atoms with Crippen molar-refractivity contribution in [3.8, 4) is 0 Å². The SMILES string of the molecule is [B]c1c(C)cc(F)cc1Cl. The number of halogens is 2. The van der Waals surface area contributed by atoms with E-state index in [-0.39, 0.29) is 10.8 Å². The Hall–Kier alpha value is -0.495. The van der Waals surface area contributed by atoms with E-state index in [0.29, 0.717) is 11.0 Å². The minimum Gasteiger partial charge on any atom is -0.207 e. The number of aryl methyl sites for hydroxylation is 1. The van der Waals surface area contributed by atoms with Crippen molar-refractivity contribution in [3.05, 3.63) is 28.5 Å². The molecule has 1 aromatic carbocycles. The van der Waals surface area contributed by atoms with E-state index in [1.165, 1.54) is 12.1 Å². The summed E-state index contributed by atoms with van der Waals surface area (Å²) < 4.78 is 12.5. The van der Waals surface area contributed by atoms with Crippen LogP contribution in [0.25, 0.3) is 0 Å². The second kappa shape index (κ2) is 2.63. The van der Waals surface area contributed by atoms with Gasteiger partial charge >= 0.3 is 0 Å². The van der Waals surface area contributed by atoms with E-state index in [0.717, 1.165) is 0 Å². The van der Waals surface area contributed by atoms with Crippen molar-refractivity contribution in [1.29, 1.82) is 0 Å². The lowest BCUT2D eigenvalue weighted by molar-refractivity contribution is 0.627. The van der Waals surface area contributed by atoms with Crippen LogP contribution in [0.5, 0.6) is 0 Å². The second-order valence-electron chi connectivity index (χ2n) is 2.12. The van der Waals surface area contributed by atoms with E-state index in [9.17, 15) is 4.39 Å². The summed E-state index contributed by atoms with van der Waals surface area (Å²) in [6.45, 7) is 1.71. The summed E-state index contributed by atoms with van der Waals surface area (Å²) in [7, 11) is 5.45. The van der Waals surface area contributed by atoms with Crippen LogP contribution in [0.1, 0.15) is 5.56 Å². The number of benzene rings is 1. The summed E-state index contributed by atoms with van der Waals surface area (Å²) in [4.78, 5) is 0. The zero-order valence-corrected chi connectivity index (χ0v) is 6.24. The van der Waals surface area contributed by atoms with Crippen LogP contribution in [0.4, 0.5) is 4.39 Å². The third kappa shape index (κ3) is 1.32. The van der Waals surface area contributed by atoms with Crippen LogP contribution in [0.2, 0.25) is 5.02 Å². The van der Waals surface area contributed by atoms with E-state index in [1.54, 1.807) is 6.92 Å². The molecule has 10 heavy (non-hydrogen) atoms. The van der Waals surface area contributed by atoms with Crippen molar-refractivity contribution in [1.82, 2.24) is 0 Å². The van der Waals surface area contributed by atoms with Gasteiger partial charge in [0.05, 0.1) is 0 Å². The largest absolute Gasteiger partial charge is 0.207 e. The molecule has 0 fully saturated rings. The zero-order valence-electron chi connectivity index (χ0n) is 5.49. The summed E-state index contributed by atoms with van der Waals surface area (Å²) >= 11 is 5.55. The molecule has 0 amide bonds. The minimum atomic E-state index is -0.350. The van der Waals surface area contributed by atoms with Crippen LogP contribution in [-0.4, -0.2) is 7.85 Å². The molecule has 0 spiro atoms. The predicted octanol–water partition coefficient (Wildman–Crippen LogP) is 1.58. The molecule has 0 N–H and O–H groups in total. The van der Waals surface area contributed by atoms with Crippen LogP contribution in [0.15, 0.2) is 12.1 Å². The average molecular weight is 154 g/mol. The monoisotopic (exact) mass is 154 g/mol. The number of hydrogen-bond donors (Lipinski definition) is 0. The van der Waals surface area contributed by atoms with Gasteiger partial charge in [-0.3, -0.25) is 0 Å². The van der Waals surface area contributed by atoms with Gasteiger partial charge in [-0.1, -0.05) is 22.6 Å². The molecular formula is C7H5BClF. The highest BCUT2D eigenvalue weighted by Crippen LogP contribution is 2.09. The smallest absolute Gasteiger partial charge is 0.124 e. The maximum atomic E-state index is 12.5. The first-order valence-corrected chi connectivity index (χ1v) is 3.20. The minimum absolute atomic E-state index is 0.275. The predicted molar refractivity (Wildman–Crippen MR) is 41.5 cm³/mol. The fourth-order valence-corrected chi connectivity index (χ4v) is 0.967. The van der Waals surface area contributed by atoms with Gasteiger partial charge in [-0.05, 0) is 19.1 Å². The molecule has 0 aromatic heterocycles. The summed E-state index contributed by atoms with van der Waals surface area (Å²) in [5, 5.41) is 0.275. The van der Waals surface area contributed by atoms with Gasteiger partial charge in [0.2, 0.25) is 0 Å². The van der Waals surface area contributed by atoms with E-state index in [2.05, 4.69) is 0 Å². The fraction of sp³-hybridized carbons (Fsp3) is 0.143. The Morgan fingerprint density at radius 2 is 2.10 bits per heavy atom. The van der Waals surface area contributed by atoms with E-state index < -0.39 is 0 Å². The Kier molecular flexibility index (Phi) is 2.00. The lowest BCUT2D eigenvalue weighted by Crippen LogP contribution is -2.08. The van der Waals surface area contributed by atoms with Crippen LogP contribution >= 0.6 is 11.6 Å². The summed E-state index contributed by atoms with van der Waals surface area (Å²) in [5.74, 6) is -0.350. The van der Waals surface area contributed by atoms with Crippen molar-refractivity contribution in [2.75, 3.05) is 0 Å². The van der Waals surface area contributed by atoms with Crippen LogP contribution in [-0.2, 0) is 0 Å². The molecule has 0 unspecified atom stereocenters. The number of rotatable bonds is 0. The normalized spacial score (nSPS) is 9.90.